The van der Waals surface area contributed by atoms with Crippen LogP contribution in [0.15, 0.2) is 0 Å². The van der Waals surface area contributed by atoms with Crippen LogP contribution in [-0.4, -0.2) is 37.0 Å². The predicted molar refractivity (Wildman–Crippen MR) is 93.7 cm³/mol. The third-order valence-electron chi connectivity index (χ3n) is 6.97. The van der Waals surface area contributed by atoms with E-state index in [-0.39, 0.29) is 29.1 Å². The number of nitrogens with one attached hydrogen (secondary N) is 1. The molecule has 1 heterocycles. The summed E-state index contributed by atoms with van der Waals surface area (Å²) in [5.41, 5.74) is 9.05. The zero-order chi connectivity index (χ0) is 17.6. The van der Waals surface area contributed by atoms with Crippen molar-refractivity contribution >= 4 is 0 Å². The van der Waals surface area contributed by atoms with Crippen molar-refractivity contribution in [2.75, 3.05) is 13.2 Å². The van der Waals surface area contributed by atoms with Crippen molar-refractivity contribution < 1.29 is 9.47 Å². The Labute approximate surface area is 141 Å². The second kappa shape index (κ2) is 6.26. The van der Waals surface area contributed by atoms with Crippen molar-refractivity contribution in [3.63, 3.8) is 0 Å². The monoisotopic (exact) mass is 327 g/mol. The quantitative estimate of drug-likeness (QED) is 0.544. The number of rotatable bonds is 4. The molecule has 2 rings (SSSR count). The van der Waals surface area contributed by atoms with E-state index in [4.69, 9.17) is 21.1 Å². The molecule has 5 heteroatoms. The van der Waals surface area contributed by atoms with Gasteiger partial charge in [0.15, 0.2) is 0 Å². The molecule has 1 aliphatic heterocycles. The van der Waals surface area contributed by atoms with Gasteiger partial charge < -0.3 is 15.2 Å². The van der Waals surface area contributed by atoms with Gasteiger partial charge in [0.05, 0.1) is 25.4 Å². The highest BCUT2D eigenvalue weighted by Crippen LogP contribution is 2.51. The summed E-state index contributed by atoms with van der Waals surface area (Å²) >= 11 is 0. The molecule has 5 nitrogen and oxygen atoms in total. The van der Waals surface area contributed by atoms with Gasteiger partial charge in [-0.05, 0) is 37.5 Å². The largest absolute Gasteiger partial charge is 0.378 e. The molecule has 1 aliphatic carbocycles. The van der Waals surface area contributed by atoms with Gasteiger partial charge in [-0.3, -0.25) is 11.3 Å². The molecule has 2 aliphatic rings. The van der Waals surface area contributed by atoms with Gasteiger partial charge in [-0.2, -0.15) is 0 Å². The van der Waals surface area contributed by atoms with Crippen LogP contribution in [0.1, 0.15) is 54.9 Å². The van der Waals surface area contributed by atoms with Crippen molar-refractivity contribution in [3.8, 4) is 0 Å². The van der Waals surface area contributed by atoms with Gasteiger partial charge >= 0.3 is 0 Å². The Morgan fingerprint density at radius 2 is 1.87 bits per heavy atom. The van der Waals surface area contributed by atoms with Crippen LogP contribution >= 0.6 is 0 Å². The summed E-state index contributed by atoms with van der Waals surface area (Å²) in [5, 5.41) is 0. The first-order chi connectivity index (χ1) is 10.4. The molecule has 5 N–H and O–H groups in total. The molecule has 23 heavy (non-hydrogen) atoms. The smallest absolute Gasteiger partial charge is 0.0820 e. The number of hydrogen-bond acceptors (Lipinski definition) is 5. The molecule has 1 saturated carbocycles. The molecule has 0 spiro atoms. The summed E-state index contributed by atoms with van der Waals surface area (Å²) in [6.07, 6.45) is 1.27. The lowest BCUT2D eigenvalue weighted by Gasteiger charge is -2.58. The summed E-state index contributed by atoms with van der Waals surface area (Å²) in [6.45, 7) is 16.5. The zero-order valence-corrected chi connectivity index (χ0v) is 16.0. The molecule has 7 unspecified atom stereocenters. The van der Waals surface area contributed by atoms with E-state index in [1.54, 1.807) is 0 Å². The molecule has 2 bridgehead atoms. The Bertz CT molecular complexity index is 421. The first-order valence-corrected chi connectivity index (χ1v) is 8.92. The van der Waals surface area contributed by atoms with E-state index >= 15 is 0 Å². The summed E-state index contributed by atoms with van der Waals surface area (Å²) in [7, 11) is 0. The summed E-state index contributed by atoms with van der Waals surface area (Å²) < 4.78 is 12.5. The predicted octanol–water partition coefficient (Wildman–Crippen LogP) is 2.05. The highest BCUT2D eigenvalue weighted by atomic mass is 16.5. The van der Waals surface area contributed by atoms with Crippen LogP contribution in [0.3, 0.4) is 0 Å². The van der Waals surface area contributed by atoms with Crippen molar-refractivity contribution in [2.24, 2.45) is 34.2 Å². The minimum absolute atomic E-state index is 0.0106. The number of fused-ring (bicyclic) bond motifs is 2. The molecule has 1 saturated heterocycles. The molecule has 0 radical (unpaired) electrons. The Hall–Kier alpha value is -0.200. The maximum absolute atomic E-state index is 6.52. The van der Waals surface area contributed by atoms with Gasteiger partial charge in [0.1, 0.15) is 0 Å². The van der Waals surface area contributed by atoms with Gasteiger partial charge in [0, 0.05) is 17.0 Å². The number of ether oxygens (including phenoxy) is 2. The van der Waals surface area contributed by atoms with E-state index in [2.05, 4.69) is 53.9 Å². The summed E-state index contributed by atoms with van der Waals surface area (Å²) in [6, 6.07) is 0.142. The van der Waals surface area contributed by atoms with Crippen molar-refractivity contribution in [2.45, 2.75) is 78.7 Å². The normalized spacial score (nSPS) is 44.0. The van der Waals surface area contributed by atoms with E-state index < -0.39 is 5.54 Å². The molecule has 0 aromatic heterocycles. The average Bonchev–Trinajstić information content (AvgIpc) is 2.43. The first kappa shape index (κ1) is 19.1. The van der Waals surface area contributed by atoms with Gasteiger partial charge in [-0.25, -0.2) is 0 Å². The number of nitrogens with two attached hydrogens (primary N) is 2. The Balaban J connectivity index is 2.19. The molecular formula is C18H37N3O2. The Morgan fingerprint density at radius 3 is 2.39 bits per heavy atom. The lowest BCUT2D eigenvalue weighted by Crippen LogP contribution is -2.66. The lowest BCUT2D eigenvalue weighted by molar-refractivity contribution is -0.219. The highest BCUT2D eigenvalue weighted by Gasteiger charge is 2.56. The van der Waals surface area contributed by atoms with Crippen LogP contribution in [-0.2, 0) is 9.47 Å². The molecule has 0 amide bonds. The van der Waals surface area contributed by atoms with Crippen LogP contribution in [0.2, 0.25) is 0 Å². The fourth-order valence-electron chi connectivity index (χ4n) is 4.02. The van der Waals surface area contributed by atoms with Crippen LogP contribution in [0.5, 0.6) is 0 Å². The second-order valence-electron chi connectivity index (χ2n) is 9.38. The molecule has 2 fully saturated rings. The summed E-state index contributed by atoms with van der Waals surface area (Å²) in [5.74, 6) is 6.93. The van der Waals surface area contributed by atoms with Crippen LogP contribution in [0.25, 0.3) is 0 Å². The first-order valence-electron chi connectivity index (χ1n) is 8.92. The molecule has 136 valence electrons. The van der Waals surface area contributed by atoms with E-state index in [1.807, 2.05) is 0 Å². The third kappa shape index (κ3) is 3.31. The minimum atomic E-state index is -0.397. The molecule has 0 aromatic rings. The lowest BCUT2D eigenvalue weighted by atomic mass is 9.57. The number of hydrogen-bond donors (Lipinski definition) is 3. The third-order valence-corrected chi connectivity index (χ3v) is 6.97. The zero-order valence-electron chi connectivity index (χ0n) is 16.0. The van der Waals surface area contributed by atoms with Crippen LogP contribution in [0.4, 0.5) is 0 Å². The SMILES string of the molecule is CC1OCC2(C)C(C)C1CC(NN)C2OCC(C)(N)C(C)(C)C. The van der Waals surface area contributed by atoms with Crippen LogP contribution < -0.4 is 17.0 Å². The van der Waals surface area contributed by atoms with Crippen molar-refractivity contribution in [1.82, 2.24) is 5.43 Å². The summed E-state index contributed by atoms with van der Waals surface area (Å²) in [4.78, 5) is 0. The fraction of sp³-hybridized carbons (Fsp3) is 1.00. The number of hydrazine groups is 1. The topological polar surface area (TPSA) is 82.5 Å². The maximum atomic E-state index is 6.52. The van der Waals surface area contributed by atoms with E-state index in [1.165, 1.54) is 0 Å². The molecule has 7 atom stereocenters. The molecule has 0 aromatic carbocycles. The Morgan fingerprint density at radius 1 is 1.26 bits per heavy atom. The Kier molecular flexibility index (Phi) is 5.21. The van der Waals surface area contributed by atoms with Crippen molar-refractivity contribution in [1.29, 1.82) is 0 Å². The highest BCUT2D eigenvalue weighted by molar-refractivity contribution is 5.06. The fourth-order valence-corrected chi connectivity index (χ4v) is 4.02. The standard InChI is InChI=1S/C18H37N3O2/c1-11-13-8-14(21-20)15(17(11,6)9-22-12(13)2)23-10-18(7,19)16(3,4)5/h11-15,21H,8-10,19-20H2,1-7H3. The average molecular weight is 328 g/mol. The molecular weight excluding hydrogens is 290 g/mol. The van der Waals surface area contributed by atoms with E-state index in [0.29, 0.717) is 25.0 Å². The van der Waals surface area contributed by atoms with E-state index in [0.717, 1.165) is 6.42 Å². The van der Waals surface area contributed by atoms with E-state index in [9.17, 15) is 0 Å². The van der Waals surface area contributed by atoms with Crippen molar-refractivity contribution in [3.05, 3.63) is 0 Å². The van der Waals surface area contributed by atoms with Gasteiger partial charge in [-0.1, -0.05) is 34.6 Å². The minimum Gasteiger partial charge on any atom is -0.378 e. The van der Waals surface area contributed by atoms with Gasteiger partial charge in [0.2, 0.25) is 0 Å². The van der Waals surface area contributed by atoms with Crippen LogP contribution in [0, 0.1) is 22.7 Å². The maximum Gasteiger partial charge on any atom is 0.0820 e. The van der Waals surface area contributed by atoms with Gasteiger partial charge in [-0.15, -0.1) is 0 Å². The van der Waals surface area contributed by atoms with Gasteiger partial charge in [0.25, 0.3) is 0 Å². The second-order valence-corrected chi connectivity index (χ2v) is 9.38.